The van der Waals surface area contributed by atoms with Gasteiger partial charge in [-0.15, -0.1) is 0 Å². The summed E-state index contributed by atoms with van der Waals surface area (Å²) in [6.45, 7) is 0.913. The summed E-state index contributed by atoms with van der Waals surface area (Å²) in [7, 11) is -9.51. The van der Waals surface area contributed by atoms with Crippen molar-refractivity contribution in [3.05, 3.63) is 18.1 Å². The van der Waals surface area contributed by atoms with Crippen LogP contribution in [0.2, 0.25) is 0 Å². The molecule has 7 heteroatoms. The molecular formula is C5H5F5OS. The van der Waals surface area contributed by atoms with Gasteiger partial charge in [0, 0.05) is 5.56 Å². The van der Waals surface area contributed by atoms with E-state index in [2.05, 4.69) is 4.42 Å². The van der Waals surface area contributed by atoms with E-state index in [4.69, 9.17) is 0 Å². The maximum absolute atomic E-state index is 12.0. The molecule has 1 rings (SSSR count). The molecule has 0 aliphatic heterocycles. The Kier molecular flexibility index (Phi) is 1.28. The lowest BCUT2D eigenvalue weighted by molar-refractivity contribution is 0.361. The number of hydrogen-bond donors (Lipinski definition) is 0. The van der Waals surface area contributed by atoms with Crippen LogP contribution in [0.25, 0.3) is 0 Å². The van der Waals surface area contributed by atoms with Crippen molar-refractivity contribution in [2.45, 2.75) is 11.8 Å². The molecule has 1 heterocycles. The number of rotatable bonds is 1. The molecule has 72 valence electrons. The summed E-state index contributed by atoms with van der Waals surface area (Å²) < 4.78 is 63.9. The van der Waals surface area contributed by atoms with Gasteiger partial charge in [0.05, 0.1) is 6.26 Å². The molecule has 0 unspecified atom stereocenters. The summed E-state index contributed by atoms with van der Waals surface area (Å²) in [5.74, 6) is 0. The van der Waals surface area contributed by atoms with E-state index in [-0.39, 0.29) is 6.26 Å². The van der Waals surface area contributed by atoms with Gasteiger partial charge in [0.25, 0.3) is 0 Å². The lowest BCUT2D eigenvalue weighted by Gasteiger charge is -2.39. The summed E-state index contributed by atoms with van der Waals surface area (Å²) in [6.07, 6.45) is 0.657. The van der Waals surface area contributed by atoms with Crippen molar-refractivity contribution in [2.24, 2.45) is 0 Å². The van der Waals surface area contributed by atoms with Gasteiger partial charge < -0.3 is 4.42 Å². The highest BCUT2D eigenvalue weighted by molar-refractivity contribution is 8.45. The van der Waals surface area contributed by atoms with Crippen molar-refractivity contribution in [1.82, 2.24) is 0 Å². The SMILES string of the molecule is Cc1cocc1S(F)(F)(F)(F)F. The molecule has 0 amide bonds. The Balaban J connectivity index is 3.44. The highest BCUT2D eigenvalue weighted by atomic mass is 32.5. The second kappa shape index (κ2) is 1.63. The monoisotopic (exact) mass is 208 g/mol. The molecule has 0 N–H and O–H groups in total. The molecule has 0 atom stereocenters. The predicted molar refractivity (Wildman–Crippen MR) is 34.8 cm³/mol. The summed E-state index contributed by atoms with van der Waals surface area (Å²) in [5, 5.41) is 0. The summed E-state index contributed by atoms with van der Waals surface area (Å²) in [5.41, 5.74) is -0.603. The normalized spacial score (nSPS) is 18.5. The number of furan rings is 1. The second-order valence-electron chi connectivity index (χ2n) is 2.39. The van der Waals surface area contributed by atoms with Gasteiger partial charge in [-0.3, -0.25) is 0 Å². The van der Waals surface area contributed by atoms with Crippen LogP contribution in [-0.4, -0.2) is 0 Å². The van der Waals surface area contributed by atoms with Crippen LogP contribution >= 0.6 is 10.2 Å². The van der Waals surface area contributed by atoms with E-state index in [0.717, 1.165) is 6.92 Å². The minimum Gasteiger partial charge on any atom is -0.471 e. The fourth-order valence-electron chi connectivity index (χ4n) is 0.744. The maximum atomic E-state index is 12.0. The van der Waals surface area contributed by atoms with Crippen LogP contribution in [0, 0.1) is 6.92 Å². The topological polar surface area (TPSA) is 13.1 Å². The van der Waals surface area contributed by atoms with E-state index in [9.17, 15) is 19.4 Å². The first kappa shape index (κ1) is 9.37. The highest BCUT2D eigenvalue weighted by Crippen LogP contribution is 3.02. The van der Waals surface area contributed by atoms with Gasteiger partial charge in [-0.1, -0.05) is 19.4 Å². The van der Waals surface area contributed by atoms with E-state index in [0.29, 0.717) is 6.26 Å². The van der Waals surface area contributed by atoms with Crippen LogP contribution in [0.1, 0.15) is 5.56 Å². The quantitative estimate of drug-likeness (QED) is 0.629. The van der Waals surface area contributed by atoms with Gasteiger partial charge in [0.1, 0.15) is 11.2 Å². The minimum absolute atomic E-state index is 0.0247. The van der Waals surface area contributed by atoms with Crippen LogP contribution in [0.5, 0.6) is 0 Å². The molecule has 0 aromatic carbocycles. The Morgan fingerprint density at radius 2 is 1.58 bits per heavy atom. The Morgan fingerprint density at radius 1 is 1.08 bits per heavy atom. The standard InChI is InChI=1S/C5H5F5OS/c1-4-2-11-3-5(4)12(6,7,8,9)10/h2-3H,1H3. The molecule has 12 heavy (non-hydrogen) atoms. The van der Waals surface area contributed by atoms with Crippen molar-refractivity contribution in [2.75, 3.05) is 0 Å². The number of aryl methyl sites for hydroxylation is 1. The molecule has 0 aliphatic rings. The van der Waals surface area contributed by atoms with Crippen LogP contribution in [-0.2, 0) is 0 Å². The van der Waals surface area contributed by atoms with Gasteiger partial charge in [0.15, 0.2) is 0 Å². The number of hydrogen-bond acceptors (Lipinski definition) is 1. The van der Waals surface area contributed by atoms with Crippen LogP contribution in [0.3, 0.4) is 0 Å². The van der Waals surface area contributed by atoms with Gasteiger partial charge >= 0.3 is 10.2 Å². The lowest BCUT2D eigenvalue weighted by Crippen LogP contribution is -2.05. The molecule has 0 saturated carbocycles. The van der Waals surface area contributed by atoms with Crippen molar-refractivity contribution in [3.8, 4) is 0 Å². The minimum atomic E-state index is -9.51. The Bertz CT molecular complexity index is 309. The Hall–Kier alpha value is -0.720. The molecule has 0 bridgehead atoms. The second-order valence-corrected chi connectivity index (χ2v) is 4.77. The first-order valence-corrected chi connectivity index (χ1v) is 4.73. The maximum Gasteiger partial charge on any atom is 0.313 e. The number of halogens is 5. The predicted octanol–water partition coefficient (Wildman–Crippen LogP) is 4.25. The van der Waals surface area contributed by atoms with E-state index in [1.807, 2.05) is 0 Å². The zero-order chi connectivity index (χ0) is 9.68. The largest absolute Gasteiger partial charge is 0.471 e. The van der Waals surface area contributed by atoms with Crippen molar-refractivity contribution in [3.63, 3.8) is 0 Å². The zero-order valence-electron chi connectivity index (χ0n) is 5.86. The lowest BCUT2D eigenvalue weighted by atomic mass is 10.4. The van der Waals surface area contributed by atoms with Crippen LogP contribution in [0.4, 0.5) is 19.4 Å². The highest BCUT2D eigenvalue weighted by Gasteiger charge is 2.67. The first-order chi connectivity index (χ1) is 5.00. The average molecular weight is 208 g/mol. The van der Waals surface area contributed by atoms with Crippen LogP contribution in [0.15, 0.2) is 21.8 Å². The first-order valence-electron chi connectivity index (χ1n) is 2.77. The Labute approximate surface area is 64.9 Å². The molecule has 0 spiro atoms. The van der Waals surface area contributed by atoms with Crippen molar-refractivity contribution >= 4 is 10.2 Å². The van der Waals surface area contributed by atoms with Gasteiger partial charge in [-0.25, -0.2) is 0 Å². The fraction of sp³-hybridized carbons (Fsp3) is 0.200. The fourth-order valence-corrected chi connectivity index (χ4v) is 1.64. The molecular weight excluding hydrogens is 203 g/mol. The molecule has 0 aliphatic carbocycles. The Morgan fingerprint density at radius 3 is 1.75 bits per heavy atom. The van der Waals surface area contributed by atoms with Gasteiger partial charge in [-0.05, 0) is 6.92 Å². The van der Waals surface area contributed by atoms with Crippen molar-refractivity contribution in [1.29, 1.82) is 0 Å². The van der Waals surface area contributed by atoms with Gasteiger partial charge in [-0.2, -0.15) is 0 Å². The molecule has 0 radical (unpaired) electrons. The van der Waals surface area contributed by atoms with E-state index in [1.54, 1.807) is 0 Å². The molecule has 1 aromatic rings. The molecule has 0 fully saturated rings. The van der Waals surface area contributed by atoms with Crippen molar-refractivity contribution < 1.29 is 23.8 Å². The van der Waals surface area contributed by atoms with E-state index >= 15 is 0 Å². The molecule has 0 saturated heterocycles. The smallest absolute Gasteiger partial charge is 0.313 e. The third-order valence-corrected chi connectivity index (χ3v) is 2.47. The molecule has 1 aromatic heterocycles. The molecule has 1 nitrogen and oxygen atoms in total. The summed E-state index contributed by atoms with van der Waals surface area (Å²) in [6, 6.07) is 0. The van der Waals surface area contributed by atoms with Crippen LogP contribution < -0.4 is 0 Å². The average Bonchev–Trinajstić information content (AvgIpc) is 2.06. The van der Waals surface area contributed by atoms with E-state index in [1.165, 1.54) is 0 Å². The van der Waals surface area contributed by atoms with E-state index < -0.39 is 20.7 Å². The zero-order valence-corrected chi connectivity index (χ0v) is 6.68. The summed E-state index contributed by atoms with van der Waals surface area (Å²) in [4.78, 5) is -1.95. The summed E-state index contributed by atoms with van der Waals surface area (Å²) >= 11 is 0. The third kappa shape index (κ3) is 1.71. The third-order valence-electron chi connectivity index (χ3n) is 1.22. The van der Waals surface area contributed by atoms with Gasteiger partial charge in [0.2, 0.25) is 0 Å².